The Morgan fingerprint density at radius 2 is 1.91 bits per heavy atom. The molecule has 0 heterocycles. The van der Waals surface area contributed by atoms with E-state index in [1.54, 1.807) is 23.9 Å². The number of hydrogen-bond acceptors (Lipinski definition) is 4. The minimum absolute atomic E-state index is 0.1000. The molecule has 0 bridgehead atoms. The van der Waals surface area contributed by atoms with Crippen molar-refractivity contribution < 1.29 is 14.3 Å². The third-order valence-corrected chi connectivity index (χ3v) is 3.70. The summed E-state index contributed by atoms with van der Waals surface area (Å²) >= 11 is 1.65. The topological polar surface area (TPSA) is 67.4 Å². The predicted octanol–water partition coefficient (Wildman–Crippen LogP) is 2.08. The molecular weight excluding hydrogens is 312 g/mol. The van der Waals surface area contributed by atoms with Crippen LogP contribution in [0.1, 0.15) is 20.3 Å². The van der Waals surface area contributed by atoms with Gasteiger partial charge in [0.15, 0.2) is 6.61 Å². The molecular formula is C17H26N2O3S. The highest BCUT2D eigenvalue weighted by Crippen LogP contribution is 2.08. The van der Waals surface area contributed by atoms with E-state index in [1.165, 1.54) is 0 Å². The van der Waals surface area contributed by atoms with Crippen LogP contribution in [0.5, 0.6) is 5.75 Å². The lowest BCUT2D eigenvalue weighted by atomic mass is 10.2. The zero-order valence-corrected chi connectivity index (χ0v) is 14.8. The second-order valence-electron chi connectivity index (χ2n) is 5.64. The second kappa shape index (κ2) is 10.9. The van der Waals surface area contributed by atoms with E-state index in [-0.39, 0.29) is 18.4 Å². The first-order chi connectivity index (χ1) is 11.0. The standard InChI is InChI=1S/C17H26N2O3S/c1-13(2)11-18-17(21)15(9-10-23-3)19-16(20)12-22-14-7-5-4-6-8-14/h4-8,13,15H,9-12H2,1-3H3,(H,18,21)(H,19,20). The Morgan fingerprint density at radius 3 is 2.52 bits per heavy atom. The van der Waals surface area contributed by atoms with Gasteiger partial charge < -0.3 is 15.4 Å². The highest BCUT2D eigenvalue weighted by molar-refractivity contribution is 7.98. The minimum Gasteiger partial charge on any atom is -0.484 e. The average molecular weight is 338 g/mol. The van der Waals surface area contributed by atoms with Crippen molar-refractivity contribution in [3.05, 3.63) is 30.3 Å². The predicted molar refractivity (Wildman–Crippen MR) is 94.7 cm³/mol. The number of thioether (sulfide) groups is 1. The quantitative estimate of drug-likeness (QED) is 0.685. The number of rotatable bonds is 10. The first-order valence-corrected chi connectivity index (χ1v) is 9.16. The van der Waals surface area contributed by atoms with Gasteiger partial charge in [0.1, 0.15) is 11.8 Å². The van der Waals surface area contributed by atoms with Gasteiger partial charge in [-0.25, -0.2) is 0 Å². The van der Waals surface area contributed by atoms with Crippen molar-refractivity contribution in [1.29, 1.82) is 0 Å². The third-order valence-electron chi connectivity index (χ3n) is 3.06. The van der Waals surface area contributed by atoms with Crippen LogP contribution in [0.3, 0.4) is 0 Å². The lowest BCUT2D eigenvalue weighted by Gasteiger charge is -2.19. The van der Waals surface area contributed by atoms with E-state index in [0.717, 1.165) is 5.75 Å². The molecule has 1 rings (SSSR count). The third kappa shape index (κ3) is 8.50. The zero-order valence-electron chi connectivity index (χ0n) is 14.0. The molecule has 0 aromatic heterocycles. The molecule has 6 heteroatoms. The Morgan fingerprint density at radius 1 is 1.22 bits per heavy atom. The van der Waals surface area contributed by atoms with Gasteiger partial charge in [0.25, 0.3) is 5.91 Å². The molecule has 0 aliphatic carbocycles. The molecule has 1 aromatic rings. The number of para-hydroxylation sites is 1. The van der Waals surface area contributed by atoms with Crippen LogP contribution in [0, 0.1) is 5.92 Å². The highest BCUT2D eigenvalue weighted by atomic mass is 32.2. The van der Waals surface area contributed by atoms with E-state index in [2.05, 4.69) is 10.6 Å². The van der Waals surface area contributed by atoms with E-state index in [0.29, 0.717) is 24.6 Å². The van der Waals surface area contributed by atoms with Crippen LogP contribution in [-0.4, -0.2) is 43.0 Å². The molecule has 0 spiro atoms. The number of nitrogens with one attached hydrogen (secondary N) is 2. The summed E-state index contributed by atoms with van der Waals surface area (Å²) in [7, 11) is 0. The van der Waals surface area contributed by atoms with Gasteiger partial charge in [0.2, 0.25) is 5.91 Å². The van der Waals surface area contributed by atoms with E-state index >= 15 is 0 Å². The van der Waals surface area contributed by atoms with Crippen LogP contribution in [0.4, 0.5) is 0 Å². The van der Waals surface area contributed by atoms with Crippen molar-refractivity contribution in [2.24, 2.45) is 5.92 Å². The number of hydrogen-bond donors (Lipinski definition) is 2. The molecule has 5 nitrogen and oxygen atoms in total. The maximum absolute atomic E-state index is 12.2. The van der Waals surface area contributed by atoms with Crippen molar-refractivity contribution >= 4 is 23.6 Å². The number of amides is 2. The highest BCUT2D eigenvalue weighted by Gasteiger charge is 2.20. The number of carbonyl (C=O) groups excluding carboxylic acids is 2. The Kier molecular flexibility index (Phi) is 9.21. The van der Waals surface area contributed by atoms with E-state index in [1.807, 2.05) is 38.3 Å². The van der Waals surface area contributed by atoms with Crippen LogP contribution in [0.25, 0.3) is 0 Å². The Bertz CT molecular complexity index is 480. The molecule has 23 heavy (non-hydrogen) atoms. The summed E-state index contributed by atoms with van der Waals surface area (Å²) in [5.41, 5.74) is 0. The van der Waals surface area contributed by atoms with Crippen molar-refractivity contribution in [2.75, 3.05) is 25.2 Å². The molecule has 0 aliphatic heterocycles. The van der Waals surface area contributed by atoms with Crippen LogP contribution < -0.4 is 15.4 Å². The first kappa shape index (κ1) is 19.4. The number of ether oxygens (including phenoxy) is 1. The lowest BCUT2D eigenvalue weighted by Crippen LogP contribution is -2.49. The van der Waals surface area contributed by atoms with Crippen LogP contribution in [0.2, 0.25) is 0 Å². The van der Waals surface area contributed by atoms with Gasteiger partial charge in [-0.2, -0.15) is 11.8 Å². The largest absolute Gasteiger partial charge is 0.484 e. The SMILES string of the molecule is CSCCC(NC(=O)COc1ccccc1)C(=O)NCC(C)C. The minimum atomic E-state index is -0.520. The molecule has 0 radical (unpaired) electrons. The molecule has 1 aromatic carbocycles. The molecule has 1 unspecified atom stereocenters. The van der Waals surface area contributed by atoms with Crippen LogP contribution in [-0.2, 0) is 9.59 Å². The Balaban J connectivity index is 2.47. The molecule has 2 N–H and O–H groups in total. The molecule has 0 fully saturated rings. The molecule has 0 aliphatic rings. The summed E-state index contributed by atoms with van der Waals surface area (Å²) in [5, 5.41) is 5.62. The Labute approximate surface area is 142 Å². The van der Waals surface area contributed by atoms with Gasteiger partial charge in [-0.1, -0.05) is 32.0 Å². The summed E-state index contributed by atoms with van der Waals surface area (Å²) in [6.07, 6.45) is 2.57. The lowest BCUT2D eigenvalue weighted by molar-refractivity contribution is -0.130. The van der Waals surface area contributed by atoms with Gasteiger partial charge in [-0.05, 0) is 36.5 Å². The second-order valence-corrected chi connectivity index (χ2v) is 6.63. The van der Waals surface area contributed by atoms with Gasteiger partial charge in [0, 0.05) is 6.54 Å². The van der Waals surface area contributed by atoms with Gasteiger partial charge in [-0.3, -0.25) is 9.59 Å². The number of benzene rings is 1. The fourth-order valence-corrected chi connectivity index (χ4v) is 2.31. The monoisotopic (exact) mass is 338 g/mol. The normalized spacial score (nSPS) is 11.8. The summed E-state index contributed by atoms with van der Waals surface area (Å²) in [6.45, 7) is 4.56. The molecule has 128 valence electrons. The first-order valence-electron chi connectivity index (χ1n) is 7.76. The average Bonchev–Trinajstić information content (AvgIpc) is 2.55. The van der Waals surface area contributed by atoms with Crippen molar-refractivity contribution in [3.63, 3.8) is 0 Å². The smallest absolute Gasteiger partial charge is 0.258 e. The van der Waals surface area contributed by atoms with Crippen molar-refractivity contribution in [2.45, 2.75) is 26.3 Å². The molecule has 1 atom stereocenters. The van der Waals surface area contributed by atoms with E-state index in [9.17, 15) is 9.59 Å². The van der Waals surface area contributed by atoms with Crippen LogP contribution >= 0.6 is 11.8 Å². The fraction of sp³-hybridized carbons (Fsp3) is 0.529. The van der Waals surface area contributed by atoms with E-state index in [4.69, 9.17) is 4.74 Å². The fourth-order valence-electron chi connectivity index (χ4n) is 1.83. The summed E-state index contributed by atoms with van der Waals surface area (Å²) in [5.74, 6) is 1.38. The summed E-state index contributed by atoms with van der Waals surface area (Å²) in [4.78, 5) is 24.2. The summed E-state index contributed by atoms with van der Waals surface area (Å²) < 4.78 is 5.40. The summed E-state index contributed by atoms with van der Waals surface area (Å²) in [6, 6.07) is 8.61. The van der Waals surface area contributed by atoms with Gasteiger partial charge >= 0.3 is 0 Å². The molecule has 0 saturated carbocycles. The molecule has 0 saturated heterocycles. The van der Waals surface area contributed by atoms with Crippen LogP contribution in [0.15, 0.2) is 30.3 Å². The van der Waals surface area contributed by atoms with Gasteiger partial charge in [0.05, 0.1) is 0 Å². The van der Waals surface area contributed by atoms with E-state index < -0.39 is 6.04 Å². The number of carbonyl (C=O) groups is 2. The Hall–Kier alpha value is -1.69. The van der Waals surface area contributed by atoms with Crippen molar-refractivity contribution in [3.8, 4) is 5.75 Å². The van der Waals surface area contributed by atoms with Crippen molar-refractivity contribution in [1.82, 2.24) is 10.6 Å². The van der Waals surface area contributed by atoms with Gasteiger partial charge in [-0.15, -0.1) is 0 Å². The zero-order chi connectivity index (χ0) is 17.1. The maximum Gasteiger partial charge on any atom is 0.258 e. The molecule has 2 amide bonds. The maximum atomic E-state index is 12.2.